The average Bonchev–Trinajstić information content (AvgIpc) is 3.13. The molecule has 0 spiro atoms. The highest BCUT2D eigenvalue weighted by molar-refractivity contribution is 9.10. The van der Waals surface area contributed by atoms with Crippen LogP contribution in [0.2, 0.25) is 0 Å². The summed E-state index contributed by atoms with van der Waals surface area (Å²) in [7, 11) is 0. The largest absolute Gasteiger partial charge is 0.288 e. The van der Waals surface area contributed by atoms with Gasteiger partial charge in [-0.2, -0.15) is 5.21 Å². The summed E-state index contributed by atoms with van der Waals surface area (Å²) in [4.78, 5) is 17.4. The number of nitrogens with one attached hydrogen (secondary N) is 2. The Kier molecular flexibility index (Phi) is 3.95. The molecule has 8 heteroatoms. The van der Waals surface area contributed by atoms with Gasteiger partial charge in [0.15, 0.2) is 0 Å². The zero-order chi connectivity index (χ0) is 17.2. The molecule has 2 heterocycles. The fraction of sp³-hybridized carbons (Fsp3) is 0. The summed E-state index contributed by atoms with van der Waals surface area (Å²) in [6.07, 6.45) is 0. The third-order valence-corrected chi connectivity index (χ3v) is 4.15. The van der Waals surface area contributed by atoms with Crippen molar-refractivity contribution in [3.63, 3.8) is 0 Å². The second-order valence-electron chi connectivity index (χ2n) is 5.27. The number of nitrogens with zero attached hydrogens (tertiary/aromatic N) is 4. The summed E-state index contributed by atoms with van der Waals surface area (Å²) >= 11 is 3.46. The number of para-hydroxylation sites is 1. The topological polar surface area (TPSA) is 96.5 Å². The zero-order valence-corrected chi connectivity index (χ0v) is 14.4. The molecule has 0 aliphatic carbocycles. The Labute approximate surface area is 150 Å². The molecule has 2 N–H and O–H groups in total. The molecule has 4 aromatic rings. The lowest BCUT2D eigenvalue weighted by atomic mass is 10.0. The van der Waals surface area contributed by atoms with Crippen LogP contribution < -0.4 is 5.32 Å². The van der Waals surface area contributed by atoms with Gasteiger partial charge in [-0.3, -0.25) is 10.1 Å². The Morgan fingerprint density at radius 2 is 1.96 bits per heavy atom. The molecular formula is C17H11BrN6O. The molecule has 0 fully saturated rings. The zero-order valence-electron chi connectivity index (χ0n) is 12.8. The molecule has 0 radical (unpaired) electrons. The molecule has 0 aliphatic heterocycles. The first-order valence-corrected chi connectivity index (χ1v) is 8.20. The van der Waals surface area contributed by atoms with Gasteiger partial charge in [0, 0.05) is 15.4 Å². The molecule has 122 valence electrons. The lowest BCUT2D eigenvalue weighted by Crippen LogP contribution is -2.14. The van der Waals surface area contributed by atoms with Crippen molar-refractivity contribution in [2.45, 2.75) is 0 Å². The smallest absolute Gasteiger partial charge is 0.270 e. The van der Waals surface area contributed by atoms with Crippen LogP contribution in [0, 0.1) is 0 Å². The van der Waals surface area contributed by atoms with Crippen LogP contribution >= 0.6 is 15.9 Å². The van der Waals surface area contributed by atoms with E-state index in [2.05, 4.69) is 46.9 Å². The van der Waals surface area contributed by atoms with Crippen molar-refractivity contribution in [2.75, 3.05) is 5.32 Å². The third-order valence-electron chi connectivity index (χ3n) is 3.65. The number of anilines is 1. The van der Waals surface area contributed by atoms with Gasteiger partial charge in [0.2, 0.25) is 0 Å². The van der Waals surface area contributed by atoms with Crippen molar-refractivity contribution in [2.24, 2.45) is 0 Å². The summed E-state index contributed by atoms with van der Waals surface area (Å²) in [5.74, 6) is -0.203. The Bertz CT molecular complexity index is 1060. The molecule has 0 aliphatic rings. The van der Waals surface area contributed by atoms with Crippen LogP contribution in [0.15, 0.2) is 59.1 Å². The van der Waals surface area contributed by atoms with Crippen LogP contribution in [0.1, 0.15) is 10.4 Å². The number of aromatic nitrogens is 5. The molecule has 0 saturated heterocycles. The molecule has 2 aromatic heterocycles. The second-order valence-corrected chi connectivity index (χ2v) is 6.19. The predicted octanol–water partition coefficient (Wildman–Crippen LogP) is 3.43. The van der Waals surface area contributed by atoms with E-state index >= 15 is 0 Å². The Balaban J connectivity index is 1.85. The number of carbonyl (C=O) groups is 1. The number of benzene rings is 2. The van der Waals surface area contributed by atoms with Crippen LogP contribution in [0.3, 0.4) is 0 Å². The van der Waals surface area contributed by atoms with E-state index in [9.17, 15) is 4.79 Å². The molecule has 7 nitrogen and oxygen atoms in total. The van der Waals surface area contributed by atoms with Crippen LogP contribution in [0.5, 0.6) is 0 Å². The SMILES string of the molecule is O=C(Nc1nn[nH]n1)c1cc(-c2cccc(Br)c2)nc2ccccc12. The van der Waals surface area contributed by atoms with Gasteiger partial charge in [-0.1, -0.05) is 51.4 Å². The number of pyridine rings is 1. The van der Waals surface area contributed by atoms with Crippen LogP contribution in [0.4, 0.5) is 5.95 Å². The molecule has 0 atom stereocenters. The van der Waals surface area contributed by atoms with E-state index in [1.165, 1.54) is 0 Å². The molecular weight excluding hydrogens is 384 g/mol. The van der Waals surface area contributed by atoms with Crippen LogP contribution in [-0.2, 0) is 0 Å². The number of hydrogen-bond acceptors (Lipinski definition) is 5. The monoisotopic (exact) mass is 394 g/mol. The van der Waals surface area contributed by atoms with E-state index in [0.717, 1.165) is 20.9 Å². The lowest BCUT2D eigenvalue weighted by molar-refractivity contribution is 0.102. The maximum atomic E-state index is 12.7. The average molecular weight is 395 g/mol. The van der Waals surface area contributed by atoms with Gasteiger partial charge in [0.05, 0.1) is 16.8 Å². The summed E-state index contributed by atoms with van der Waals surface area (Å²) in [6.45, 7) is 0. The summed E-state index contributed by atoms with van der Waals surface area (Å²) < 4.78 is 0.942. The maximum Gasteiger partial charge on any atom is 0.270 e. The number of carbonyl (C=O) groups excluding carboxylic acids is 1. The third kappa shape index (κ3) is 3.11. The van der Waals surface area contributed by atoms with Crippen molar-refractivity contribution in [3.05, 3.63) is 64.6 Å². The van der Waals surface area contributed by atoms with E-state index in [-0.39, 0.29) is 11.9 Å². The van der Waals surface area contributed by atoms with E-state index in [4.69, 9.17) is 0 Å². The molecule has 2 aromatic carbocycles. The van der Waals surface area contributed by atoms with Crippen molar-refractivity contribution in [1.82, 2.24) is 25.6 Å². The highest BCUT2D eigenvalue weighted by Crippen LogP contribution is 2.27. The number of hydrogen-bond donors (Lipinski definition) is 2. The molecule has 1 amide bonds. The van der Waals surface area contributed by atoms with Crippen LogP contribution in [0.25, 0.3) is 22.2 Å². The number of tetrazole rings is 1. The first-order valence-electron chi connectivity index (χ1n) is 7.41. The van der Waals surface area contributed by atoms with Gasteiger partial charge in [-0.05, 0) is 29.5 Å². The van der Waals surface area contributed by atoms with Gasteiger partial charge in [0.25, 0.3) is 11.9 Å². The highest BCUT2D eigenvalue weighted by atomic mass is 79.9. The Hall–Kier alpha value is -3.13. The molecule has 4 rings (SSSR count). The Morgan fingerprint density at radius 3 is 2.76 bits per heavy atom. The summed E-state index contributed by atoms with van der Waals surface area (Å²) in [5, 5.41) is 16.6. The second kappa shape index (κ2) is 6.40. The summed E-state index contributed by atoms with van der Waals surface area (Å²) in [5.41, 5.74) is 2.84. The lowest BCUT2D eigenvalue weighted by Gasteiger charge is -2.09. The number of aromatic amines is 1. The van der Waals surface area contributed by atoms with Gasteiger partial charge in [-0.25, -0.2) is 4.98 Å². The number of rotatable bonds is 3. The highest BCUT2D eigenvalue weighted by Gasteiger charge is 2.15. The van der Waals surface area contributed by atoms with Gasteiger partial charge in [-0.15, -0.1) is 5.10 Å². The molecule has 0 bridgehead atoms. The number of halogens is 1. The van der Waals surface area contributed by atoms with E-state index in [1.807, 2.05) is 48.5 Å². The number of amides is 1. The van der Waals surface area contributed by atoms with Crippen molar-refractivity contribution in [3.8, 4) is 11.3 Å². The van der Waals surface area contributed by atoms with Crippen molar-refractivity contribution >= 4 is 38.7 Å². The molecule has 0 saturated carbocycles. The maximum absolute atomic E-state index is 12.7. The minimum Gasteiger partial charge on any atom is -0.288 e. The first-order chi connectivity index (χ1) is 12.2. The predicted molar refractivity (Wildman–Crippen MR) is 97.0 cm³/mol. The van der Waals surface area contributed by atoms with Crippen molar-refractivity contribution < 1.29 is 4.79 Å². The Morgan fingerprint density at radius 1 is 1.08 bits per heavy atom. The quantitative estimate of drug-likeness (QED) is 0.554. The van der Waals surface area contributed by atoms with Crippen LogP contribution in [-0.4, -0.2) is 31.5 Å². The summed E-state index contributed by atoms with van der Waals surface area (Å²) in [6, 6.07) is 17.0. The number of fused-ring (bicyclic) bond motifs is 1. The number of H-pyrrole nitrogens is 1. The molecule has 0 unspecified atom stereocenters. The molecule has 25 heavy (non-hydrogen) atoms. The fourth-order valence-electron chi connectivity index (χ4n) is 2.54. The van der Waals surface area contributed by atoms with E-state index < -0.39 is 0 Å². The fourth-order valence-corrected chi connectivity index (χ4v) is 2.94. The normalized spacial score (nSPS) is 10.8. The van der Waals surface area contributed by atoms with Gasteiger partial charge in [0.1, 0.15) is 0 Å². The standard InChI is InChI=1S/C17H11BrN6O/c18-11-5-3-4-10(8-11)15-9-13(12-6-1-2-7-14(12)19-15)16(25)20-17-21-23-24-22-17/h1-9H,(H2,20,21,22,23,24,25). The van der Waals surface area contributed by atoms with Gasteiger partial charge >= 0.3 is 0 Å². The minimum absolute atomic E-state index is 0.120. The van der Waals surface area contributed by atoms with Crippen molar-refractivity contribution in [1.29, 1.82) is 0 Å². The minimum atomic E-state index is -0.323. The first kappa shape index (κ1) is 15.4. The van der Waals surface area contributed by atoms with E-state index in [0.29, 0.717) is 11.3 Å². The van der Waals surface area contributed by atoms with E-state index in [1.54, 1.807) is 6.07 Å². The van der Waals surface area contributed by atoms with Gasteiger partial charge < -0.3 is 0 Å².